The van der Waals surface area contributed by atoms with Gasteiger partial charge in [-0.05, 0) is 69.0 Å². The average Bonchev–Trinajstić information content (AvgIpc) is 3.22. The molecule has 2 aliphatic carbocycles. The predicted molar refractivity (Wildman–Crippen MR) is 137 cm³/mol. The maximum atomic E-state index is 13.6. The van der Waals surface area contributed by atoms with Gasteiger partial charge < -0.3 is 24.7 Å². The summed E-state index contributed by atoms with van der Waals surface area (Å²) >= 11 is 0. The molecule has 2 N–H and O–H groups in total. The first-order valence-corrected chi connectivity index (χ1v) is 13.1. The first kappa shape index (κ1) is 23.4. The minimum absolute atomic E-state index is 0.0200. The van der Waals surface area contributed by atoms with Gasteiger partial charge in [0.25, 0.3) is 5.91 Å². The summed E-state index contributed by atoms with van der Waals surface area (Å²) in [6.07, 6.45) is 2.23. The Balaban J connectivity index is 1.44. The van der Waals surface area contributed by atoms with Crippen LogP contribution >= 0.6 is 0 Å². The van der Waals surface area contributed by atoms with Crippen molar-refractivity contribution >= 4 is 5.91 Å². The number of likely N-dealkylation sites (N-methyl/N-ethyl adjacent to an activating group) is 1. The molecular weight excluding hydrogens is 452 g/mol. The van der Waals surface area contributed by atoms with Crippen molar-refractivity contribution in [2.75, 3.05) is 20.1 Å². The van der Waals surface area contributed by atoms with Gasteiger partial charge in [0.05, 0.1) is 17.1 Å². The molecule has 6 nitrogen and oxygen atoms in total. The van der Waals surface area contributed by atoms with Crippen LogP contribution in [0.2, 0.25) is 0 Å². The molecule has 1 saturated carbocycles. The number of nitrogens with zero attached hydrogens (tertiary/aromatic N) is 2. The van der Waals surface area contributed by atoms with Gasteiger partial charge in [-0.1, -0.05) is 44.0 Å². The number of aliphatic hydroxyl groups is 1. The maximum Gasteiger partial charge on any atom is 0.299 e. The first-order valence-electron chi connectivity index (χ1n) is 13.1. The molecule has 2 heterocycles. The molecule has 2 aromatic rings. The van der Waals surface area contributed by atoms with E-state index in [9.17, 15) is 15.0 Å². The molecule has 188 valence electrons. The van der Waals surface area contributed by atoms with E-state index in [0.29, 0.717) is 25.1 Å². The van der Waals surface area contributed by atoms with Crippen molar-refractivity contribution < 1.29 is 19.7 Å². The summed E-state index contributed by atoms with van der Waals surface area (Å²) in [5, 5.41) is 23.2. The van der Waals surface area contributed by atoms with Crippen molar-refractivity contribution in [1.82, 2.24) is 9.80 Å². The smallest absolute Gasteiger partial charge is 0.299 e. The van der Waals surface area contributed by atoms with E-state index in [4.69, 9.17) is 4.74 Å². The zero-order valence-corrected chi connectivity index (χ0v) is 21.2. The van der Waals surface area contributed by atoms with Crippen LogP contribution in [-0.2, 0) is 16.6 Å². The van der Waals surface area contributed by atoms with Crippen LogP contribution in [0.25, 0.3) is 0 Å². The zero-order chi connectivity index (χ0) is 25.2. The summed E-state index contributed by atoms with van der Waals surface area (Å²) in [6, 6.07) is 13.0. The number of hydrogen-bond donors (Lipinski definition) is 2. The van der Waals surface area contributed by atoms with E-state index in [0.717, 1.165) is 36.1 Å². The largest absolute Gasteiger partial charge is 0.504 e. The van der Waals surface area contributed by atoms with Crippen LogP contribution < -0.4 is 4.74 Å². The van der Waals surface area contributed by atoms with Crippen LogP contribution in [0.15, 0.2) is 42.5 Å². The highest BCUT2D eigenvalue weighted by molar-refractivity contribution is 5.94. The van der Waals surface area contributed by atoms with Crippen LogP contribution in [0.1, 0.15) is 49.8 Å². The number of rotatable bonds is 3. The van der Waals surface area contributed by atoms with E-state index in [1.807, 2.05) is 41.3 Å². The number of carbonyl (C=O) groups is 1. The number of phenols is 1. The van der Waals surface area contributed by atoms with Crippen molar-refractivity contribution in [1.29, 1.82) is 0 Å². The second-order valence-electron chi connectivity index (χ2n) is 11.4. The van der Waals surface area contributed by atoms with Gasteiger partial charge in [-0.15, -0.1) is 0 Å². The molecule has 0 aromatic heterocycles. The molecule has 2 aromatic carbocycles. The Morgan fingerprint density at radius 3 is 2.75 bits per heavy atom. The molecule has 6 heteroatoms. The van der Waals surface area contributed by atoms with E-state index in [1.54, 1.807) is 6.07 Å². The van der Waals surface area contributed by atoms with Crippen LogP contribution in [0.4, 0.5) is 0 Å². The Morgan fingerprint density at radius 2 is 2.00 bits per heavy atom. The molecule has 4 aliphatic rings. The second kappa shape index (κ2) is 8.26. The van der Waals surface area contributed by atoms with Crippen LogP contribution in [0, 0.1) is 17.8 Å². The third-order valence-corrected chi connectivity index (χ3v) is 9.01. The zero-order valence-electron chi connectivity index (χ0n) is 21.2. The lowest BCUT2D eigenvalue weighted by Gasteiger charge is -2.64. The molecule has 0 unspecified atom stereocenters. The quantitative estimate of drug-likeness (QED) is 0.653. The average molecular weight is 487 g/mol. The number of benzene rings is 2. The molecule has 0 radical (unpaired) electrons. The second-order valence-corrected chi connectivity index (χ2v) is 11.4. The standard InChI is InChI=1S/C30H34N2O4/c1-19(2)18-32(25(34)12-9-20-7-5-4-6-8-20)22-13-14-30(35)24-17-21-10-11-23(33)27-26(21)29(30,28(22)36-27)15-16-31(24)3/h4-8,10-11,19,22,24,28,33,35H,13-18H2,1-3H3/t22-,24-,28+,29+,30-/m1/s1. The van der Waals surface area contributed by atoms with E-state index in [1.165, 1.54) is 0 Å². The fourth-order valence-electron chi connectivity index (χ4n) is 7.53. The van der Waals surface area contributed by atoms with Crippen molar-refractivity contribution in [2.24, 2.45) is 5.92 Å². The highest BCUT2D eigenvalue weighted by Gasteiger charge is 2.73. The number of carbonyl (C=O) groups excluding carboxylic acids is 1. The molecule has 1 amide bonds. The summed E-state index contributed by atoms with van der Waals surface area (Å²) in [6.45, 7) is 5.59. The van der Waals surface area contributed by atoms with Crippen LogP contribution in [0.3, 0.4) is 0 Å². The third-order valence-electron chi connectivity index (χ3n) is 9.01. The Morgan fingerprint density at radius 1 is 1.22 bits per heavy atom. The molecule has 2 fully saturated rings. The predicted octanol–water partition coefficient (Wildman–Crippen LogP) is 3.08. The monoisotopic (exact) mass is 486 g/mol. The van der Waals surface area contributed by atoms with Crippen LogP contribution in [-0.4, -0.2) is 69.8 Å². The van der Waals surface area contributed by atoms with E-state index in [-0.39, 0.29) is 29.7 Å². The SMILES string of the molecule is CC(C)CN(C(=O)C#Cc1ccccc1)[C@@H]1CC[C@@]2(O)[C@H]3Cc4ccc(O)c5c4[C@@]2(CCN3C)[C@H]1O5. The van der Waals surface area contributed by atoms with Crippen molar-refractivity contribution in [3.8, 4) is 23.3 Å². The molecule has 6 rings (SSSR count). The molecule has 36 heavy (non-hydrogen) atoms. The van der Waals surface area contributed by atoms with E-state index < -0.39 is 17.1 Å². The Kier molecular flexibility index (Phi) is 5.37. The molecule has 2 bridgehead atoms. The van der Waals surface area contributed by atoms with Gasteiger partial charge in [-0.2, -0.15) is 0 Å². The molecular formula is C30H34N2O4. The number of piperidine rings is 1. The number of aromatic hydroxyl groups is 1. The number of phenolic OH excluding ortho intramolecular Hbond substituents is 1. The first-order chi connectivity index (χ1) is 17.3. The lowest BCUT2D eigenvalue weighted by Crippen LogP contribution is -2.78. The summed E-state index contributed by atoms with van der Waals surface area (Å²) in [5.41, 5.74) is 1.28. The summed E-state index contributed by atoms with van der Waals surface area (Å²) < 4.78 is 6.63. The third kappa shape index (κ3) is 3.16. The van der Waals surface area contributed by atoms with Gasteiger partial charge in [0.2, 0.25) is 0 Å². The number of likely N-dealkylation sites (tertiary alicyclic amines) is 1. The van der Waals surface area contributed by atoms with E-state index >= 15 is 0 Å². The highest BCUT2D eigenvalue weighted by atomic mass is 16.5. The fraction of sp³-hybridized carbons (Fsp3) is 0.500. The number of ether oxygens (including phenoxy) is 1. The summed E-state index contributed by atoms with van der Waals surface area (Å²) in [7, 11) is 2.09. The molecule has 2 aliphatic heterocycles. The number of amides is 1. The number of hydrogen-bond acceptors (Lipinski definition) is 5. The summed E-state index contributed by atoms with van der Waals surface area (Å²) in [5.74, 6) is 6.55. The van der Waals surface area contributed by atoms with Gasteiger partial charge >= 0.3 is 0 Å². The van der Waals surface area contributed by atoms with Crippen molar-refractivity contribution in [3.05, 3.63) is 59.2 Å². The summed E-state index contributed by atoms with van der Waals surface area (Å²) in [4.78, 5) is 17.8. The maximum absolute atomic E-state index is 13.6. The Bertz CT molecular complexity index is 1260. The molecule has 1 saturated heterocycles. The van der Waals surface area contributed by atoms with E-state index in [2.05, 4.69) is 37.6 Å². The normalized spacial score (nSPS) is 31.8. The van der Waals surface area contributed by atoms with Gasteiger partial charge in [-0.25, -0.2) is 0 Å². The lowest BCUT2D eigenvalue weighted by molar-refractivity contribution is -0.197. The van der Waals surface area contributed by atoms with Gasteiger partial charge in [0, 0.05) is 29.6 Å². The van der Waals surface area contributed by atoms with Gasteiger partial charge in [0.1, 0.15) is 6.10 Å². The minimum Gasteiger partial charge on any atom is -0.504 e. The molecule has 1 spiro atoms. The Hall–Kier alpha value is -3.01. The van der Waals surface area contributed by atoms with Gasteiger partial charge in [-0.3, -0.25) is 4.79 Å². The van der Waals surface area contributed by atoms with Gasteiger partial charge in [0.15, 0.2) is 11.5 Å². The minimum atomic E-state index is -0.977. The Labute approximate surface area is 212 Å². The van der Waals surface area contributed by atoms with Crippen molar-refractivity contribution in [2.45, 2.75) is 68.7 Å². The topological polar surface area (TPSA) is 73.2 Å². The lowest BCUT2D eigenvalue weighted by atomic mass is 9.48. The highest BCUT2D eigenvalue weighted by Crippen LogP contribution is 2.65. The fourth-order valence-corrected chi connectivity index (χ4v) is 7.53. The molecule has 5 atom stereocenters. The van der Waals surface area contributed by atoms with Crippen molar-refractivity contribution in [3.63, 3.8) is 0 Å². The van der Waals surface area contributed by atoms with Crippen LogP contribution in [0.5, 0.6) is 11.5 Å².